The molecule has 7 nitrogen and oxygen atoms in total. The van der Waals surface area contributed by atoms with Gasteiger partial charge in [-0.1, -0.05) is 56.3 Å². The molecule has 0 saturated heterocycles. The van der Waals surface area contributed by atoms with Gasteiger partial charge in [0.2, 0.25) is 0 Å². The third kappa shape index (κ3) is 3.65. The van der Waals surface area contributed by atoms with Gasteiger partial charge in [-0.2, -0.15) is 0 Å². The van der Waals surface area contributed by atoms with Crippen molar-refractivity contribution in [2.24, 2.45) is 5.73 Å². The molecule has 7 heteroatoms. The quantitative estimate of drug-likeness (QED) is 0.532. The lowest BCUT2D eigenvalue weighted by molar-refractivity contribution is 0.0993. The normalized spacial score (nSPS) is 11.0. The Hall–Kier alpha value is -4.00. The van der Waals surface area contributed by atoms with Crippen LogP contribution in [0.2, 0.25) is 0 Å². The van der Waals surface area contributed by atoms with Crippen LogP contribution in [-0.2, 0) is 0 Å². The van der Waals surface area contributed by atoms with Gasteiger partial charge in [-0.15, -0.1) is 0 Å². The lowest BCUT2D eigenvalue weighted by Gasteiger charge is -2.11. The molecule has 150 valence electrons. The summed E-state index contributed by atoms with van der Waals surface area (Å²) in [5, 5.41) is 2.90. The number of carbonyl (C=O) groups excluding carboxylic acids is 2. The largest absolute Gasteiger partial charge is 0.364 e. The first kappa shape index (κ1) is 19.3. The van der Waals surface area contributed by atoms with Crippen molar-refractivity contribution in [2.45, 2.75) is 19.8 Å². The molecule has 0 spiro atoms. The molecule has 2 aromatic heterocycles. The summed E-state index contributed by atoms with van der Waals surface area (Å²) in [5.74, 6) is -0.641. The first-order valence-corrected chi connectivity index (χ1v) is 9.58. The highest BCUT2D eigenvalue weighted by atomic mass is 16.2. The predicted molar refractivity (Wildman–Crippen MR) is 115 cm³/mol. The Morgan fingerprint density at radius 3 is 2.37 bits per heavy atom. The van der Waals surface area contributed by atoms with Crippen LogP contribution in [0.5, 0.6) is 0 Å². The number of nitrogens with one attached hydrogen (secondary N) is 1. The summed E-state index contributed by atoms with van der Waals surface area (Å²) >= 11 is 0. The molecule has 0 radical (unpaired) electrons. The molecule has 4 rings (SSSR count). The van der Waals surface area contributed by atoms with Crippen LogP contribution < -0.4 is 11.1 Å². The van der Waals surface area contributed by atoms with E-state index in [1.54, 1.807) is 6.07 Å². The van der Waals surface area contributed by atoms with E-state index in [2.05, 4.69) is 29.1 Å². The summed E-state index contributed by atoms with van der Waals surface area (Å²) in [7, 11) is 0. The van der Waals surface area contributed by atoms with Crippen LogP contribution >= 0.6 is 0 Å². The minimum atomic E-state index is -0.703. The topological polar surface area (TPSA) is 102 Å². The number of anilines is 1. The molecule has 2 heterocycles. The van der Waals surface area contributed by atoms with Gasteiger partial charge in [0.25, 0.3) is 11.8 Å². The van der Waals surface area contributed by atoms with Crippen molar-refractivity contribution in [1.29, 1.82) is 0 Å². The van der Waals surface area contributed by atoms with E-state index in [4.69, 9.17) is 5.73 Å². The second-order valence-corrected chi connectivity index (χ2v) is 7.27. The minimum Gasteiger partial charge on any atom is -0.364 e. The third-order valence-electron chi connectivity index (χ3n) is 4.87. The zero-order valence-electron chi connectivity index (χ0n) is 16.7. The molecule has 0 bridgehead atoms. The van der Waals surface area contributed by atoms with E-state index in [-0.39, 0.29) is 17.2 Å². The number of fused-ring (bicyclic) bond motifs is 1. The van der Waals surface area contributed by atoms with Crippen molar-refractivity contribution in [2.75, 3.05) is 5.32 Å². The molecule has 30 heavy (non-hydrogen) atoms. The summed E-state index contributed by atoms with van der Waals surface area (Å²) in [4.78, 5) is 33.5. The van der Waals surface area contributed by atoms with Crippen LogP contribution in [0.15, 0.2) is 67.0 Å². The van der Waals surface area contributed by atoms with Gasteiger partial charge in [0.05, 0.1) is 5.69 Å². The van der Waals surface area contributed by atoms with E-state index in [1.807, 2.05) is 54.6 Å². The molecule has 0 fully saturated rings. The lowest BCUT2D eigenvalue weighted by atomic mass is 10.0. The molecule has 0 saturated carbocycles. The fourth-order valence-corrected chi connectivity index (χ4v) is 3.22. The van der Waals surface area contributed by atoms with E-state index < -0.39 is 5.91 Å². The van der Waals surface area contributed by atoms with Gasteiger partial charge in [-0.05, 0) is 29.7 Å². The van der Waals surface area contributed by atoms with E-state index in [0.717, 1.165) is 5.56 Å². The molecule has 0 aliphatic rings. The molecule has 2 amide bonds. The van der Waals surface area contributed by atoms with Gasteiger partial charge < -0.3 is 11.1 Å². The Morgan fingerprint density at radius 1 is 1.03 bits per heavy atom. The number of nitrogens with two attached hydrogens (primary N) is 1. The van der Waals surface area contributed by atoms with Crippen molar-refractivity contribution >= 4 is 23.1 Å². The van der Waals surface area contributed by atoms with Gasteiger partial charge in [0.15, 0.2) is 11.3 Å². The molecular formula is C23H21N5O2. The monoisotopic (exact) mass is 399 g/mol. The van der Waals surface area contributed by atoms with Crippen LogP contribution in [0.25, 0.3) is 16.9 Å². The van der Waals surface area contributed by atoms with Crippen molar-refractivity contribution in [3.63, 3.8) is 0 Å². The van der Waals surface area contributed by atoms with Gasteiger partial charge >= 0.3 is 0 Å². The Balaban J connectivity index is 1.78. The van der Waals surface area contributed by atoms with E-state index in [1.165, 1.54) is 16.3 Å². The van der Waals surface area contributed by atoms with Crippen LogP contribution in [0.3, 0.4) is 0 Å². The van der Waals surface area contributed by atoms with E-state index in [9.17, 15) is 9.59 Å². The van der Waals surface area contributed by atoms with Crippen LogP contribution in [-0.4, -0.2) is 26.2 Å². The SMILES string of the molecule is CC(C)c1ccc(NC(=O)c2cc(-c3ccccc3)nc3c(C(N)=O)ncn23)cc1. The Morgan fingerprint density at radius 2 is 1.73 bits per heavy atom. The highest BCUT2D eigenvalue weighted by molar-refractivity contribution is 6.05. The number of imidazole rings is 1. The fraction of sp³-hybridized carbons (Fsp3) is 0.130. The third-order valence-corrected chi connectivity index (χ3v) is 4.87. The van der Waals surface area contributed by atoms with Gasteiger partial charge in [-0.3, -0.25) is 14.0 Å². The maximum Gasteiger partial charge on any atom is 0.272 e. The maximum atomic E-state index is 13.1. The molecule has 2 aromatic carbocycles. The number of rotatable bonds is 5. The predicted octanol–water partition coefficient (Wildman–Crippen LogP) is 3.87. The summed E-state index contributed by atoms with van der Waals surface area (Å²) in [6, 6.07) is 18.8. The Bertz CT molecular complexity index is 1230. The molecule has 3 N–H and O–H groups in total. The number of primary amides is 1. The summed E-state index contributed by atoms with van der Waals surface area (Å²) in [6.07, 6.45) is 1.38. The molecule has 0 aliphatic carbocycles. The van der Waals surface area contributed by atoms with Gasteiger partial charge in [0.1, 0.15) is 12.0 Å². The van der Waals surface area contributed by atoms with E-state index in [0.29, 0.717) is 23.0 Å². The molecular weight excluding hydrogens is 378 g/mol. The van der Waals surface area contributed by atoms with Crippen molar-refractivity contribution in [3.8, 4) is 11.3 Å². The highest BCUT2D eigenvalue weighted by Crippen LogP contribution is 2.23. The smallest absolute Gasteiger partial charge is 0.272 e. The average Bonchev–Trinajstić information content (AvgIpc) is 3.18. The zero-order valence-corrected chi connectivity index (χ0v) is 16.7. The number of hydrogen-bond acceptors (Lipinski definition) is 4. The molecule has 0 unspecified atom stereocenters. The number of aromatic nitrogens is 3. The summed E-state index contributed by atoms with van der Waals surface area (Å²) in [6.45, 7) is 4.23. The minimum absolute atomic E-state index is 0.0168. The standard InChI is InChI=1S/C23H21N5O2/c1-14(2)15-8-10-17(11-9-15)26-23(30)19-12-18(16-6-4-3-5-7-16)27-22-20(21(24)29)25-13-28(19)22/h3-14H,1-2H3,(H2,24,29)(H,26,30). The highest BCUT2D eigenvalue weighted by Gasteiger charge is 2.19. The van der Waals surface area contributed by atoms with Gasteiger partial charge in [0, 0.05) is 11.3 Å². The number of hydrogen-bond donors (Lipinski definition) is 2. The zero-order chi connectivity index (χ0) is 21.3. The van der Waals surface area contributed by atoms with Gasteiger partial charge in [-0.25, -0.2) is 9.97 Å². The van der Waals surface area contributed by atoms with E-state index >= 15 is 0 Å². The number of amides is 2. The van der Waals surface area contributed by atoms with Crippen LogP contribution in [0.1, 0.15) is 46.3 Å². The molecule has 0 atom stereocenters. The maximum absolute atomic E-state index is 13.1. The lowest BCUT2D eigenvalue weighted by Crippen LogP contribution is -2.17. The number of benzene rings is 2. The Labute approximate surface area is 173 Å². The summed E-state index contributed by atoms with van der Waals surface area (Å²) in [5.41, 5.74) is 9.22. The van der Waals surface area contributed by atoms with Crippen LogP contribution in [0.4, 0.5) is 5.69 Å². The first-order chi connectivity index (χ1) is 14.4. The number of nitrogens with zero attached hydrogens (tertiary/aromatic N) is 3. The van der Waals surface area contributed by atoms with Crippen LogP contribution in [0, 0.1) is 0 Å². The average molecular weight is 399 g/mol. The summed E-state index contributed by atoms with van der Waals surface area (Å²) < 4.78 is 1.48. The molecule has 4 aromatic rings. The fourth-order valence-electron chi connectivity index (χ4n) is 3.22. The second kappa shape index (κ2) is 7.79. The Kier molecular flexibility index (Phi) is 5.02. The molecule has 0 aliphatic heterocycles. The van der Waals surface area contributed by atoms with Crippen molar-refractivity contribution in [1.82, 2.24) is 14.4 Å². The number of carbonyl (C=O) groups is 2. The second-order valence-electron chi connectivity index (χ2n) is 7.27. The van der Waals surface area contributed by atoms with Crippen molar-refractivity contribution in [3.05, 3.63) is 83.9 Å². The van der Waals surface area contributed by atoms with Crippen molar-refractivity contribution < 1.29 is 9.59 Å². The first-order valence-electron chi connectivity index (χ1n) is 9.58.